The maximum Gasteiger partial charge on any atom is 0.126 e. The average molecular weight is 261 g/mol. The fourth-order valence-corrected chi connectivity index (χ4v) is 3.39. The molecule has 2 rings (SSSR count). The summed E-state index contributed by atoms with van der Waals surface area (Å²) in [6.45, 7) is 7.72. The van der Waals surface area contributed by atoms with Gasteiger partial charge in [-0.2, -0.15) is 0 Å². The van der Waals surface area contributed by atoms with Crippen molar-refractivity contribution in [2.24, 2.45) is 11.3 Å². The summed E-state index contributed by atoms with van der Waals surface area (Å²) < 4.78 is 0. The van der Waals surface area contributed by atoms with Crippen LogP contribution in [0, 0.1) is 18.3 Å². The van der Waals surface area contributed by atoms with E-state index in [1.807, 2.05) is 13.0 Å². The highest BCUT2D eigenvalue weighted by atomic mass is 15.0. The van der Waals surface area contributed by atoms with Crippen molar-refractivity contribution in [3.05, 3.63) is 17.8 Å². The molecule has 0 unspecified atom stereocenters. The predicted octanol–water partition coefficient (Wildman–Crippen LogP) is 3.99. The minimum Gasteiger partial charge on any atom is -0.397 e. The topological polar surface area (TPSA) is 50.9 Å². The molecule has 0 saturated heterocycles. The van der Waals surface area contributed by atoms with Crippen LogP contribution in [-0.2, 0) is 0 Å². The van der Waals surface area contributed by atoms with Crippen molar-refractivity contribution in [2.75, 3.05) is 17.6 Å². The van der Waals surface area contributed by atoms with Gasteiger partial charge in [-0.25, -0.2) is 4.98 Å². The van der Waals surface area contributed by atoms with Crippen LogP contribution in [0.5, 0.6) is 0 Å². The van der Waals surface area contributed by atoms with Crippen LogP contribution in [0.2, 0.25) is 0 Å². The van der Waals surface area contributed by atoms with Crippen molar-refractivity contribution < 1.29 is 0 Å². The van der Waals surface area contributed by atoms with Gasteiger partial charge in [0.1, 0.15) is 5.82 Å². The number of hydrogen-bond donors (Lipinski definition) is 2. The summed E-state index contributed by atoms with van der Waals surface area (Å²) in [4.78, 5) is 4.37. The fourth-order valence-electron chi connectivity index (χ4n) is 3.39. The van der Waals surface area contributed by atoms with E-state index in [-0.39, 0.29) is 0 Å². The Morgan fingerprint density at radius 2 is 2.05 bits per heavy atom. The highest BCUT2D eigenvalue weighted by Gasteiger charge is 2.34. The van der Waals surface area contributed by atoms with Crippen LogP contribution >= 0.6 is 0 Å². The fraction of sp³-hybridized carbons (Fsp3) is 0.688. The van der Waals surface area contributed by atoms with Crippen LogP contribution < -0.4 is 11.1 Å². The van der Waals surface area contributed by atoms with Crippen LogP contribution in [0.4, 0.5) is 11.5 Å². The SMILES string of the molecule is Cc1cc(NCC2(CC(C)C)CCCC2)ncc1N. The Balaban J connectivity index is 2.00. The van der Waals surface area contributed by atoms with Crippen LogP contribution in [0.1, 0.15) is 51.5 Å². The van der Waals surface area contributed by atoms with E-state index in [0.717, 1.165) is 29.5 Å². The van der Waals surface area contributed by atoms with Gasteiger partial charge in [0, 0.05) is 6.54 Å². The first-order chi connectivity index (χ1) is 9.01. The van der Waals surface area contributed by atoms with Gasteiger partial charge < -0.3 is 11.1 Å². The van der Waals surface area contributed by atoms with E-state index < -0.39 is 0 Å². The minimum absolute atomic E-state index is 0.477. The van der Waals surface area contributed by atoms with Crippen molar-refractivity contribution >= 4 is 11.5 Å². The zero-order chi connectivity index (χ0) is 13.9. The quantitative estimate of drug-likeness (QED) is 0.842. The molecule has 106 valence electrons. The largest absolute Gasteiger partial charge is 0.397 e. The lowest BCUT2D eigenvalue weighted by Gasteiger charge is -2.31. The van der Waals surface area contributed by atoms with Gasteiger partial charge in [-0.05, 0) is 49.1 Å². The molecule has 0 amide bonds. The van der Waals surface area contributed by atoms with Crippen molar-refractivity contribution in [3.63, 3.8) is 0 Å². The minimum atomic E-state index is 0.477. The van der Waals surface area contributed by atoms with Gasteiger partial charge in [0.15, 0.2) is 0 Å². The Labute approximate surface area is 117 Å². The second-order valence-electron chi connectivity index (χ2n) is 6.58. The molecular weight excluding hydrogens is 234 g/mol. The Bertz CT molecular complexity index is 420. The first-order valence-electron chi connectivity index (χ1n) is 7.47. The molecule has 19 heavy (non-hydrogen) atoms. The lowest BCUT2D eigenvalue weighted by Crippen LogP contribution is -2.28. The molecule has 3 nitrogen and oxygen atoms in total. The average Bonchev–Trinajstić information content (AvgIpc) is 2.79. The van der Waals surface area contributed by atoms with Crippen LogP contribution in [0.15, 0.2) is 12.3 Å². The molecule has 0 radical (unpaired) electrons. The molecule has 1 heterocycles. The van der Waals surface area contributed by atoms with Crippen molar-refractivity contribution in [3.8, 4) is 0 Å². The normalized spacial score (nSPS) is 17.9. The molecule has 3 N–H and O–H groups in total. The van der Waals surface area contributed by atoms with Gasteiger partial charge in [-0.3, -0.25) is 0 Å². The Kier molecular flexibility index (Phi) is 4.33. The van der Waals surface area contributed by atoms with Crippen LogP contribution in [-0.4, -0.2) is 11.5 Å². The van der Waals surface area contributed by atoms with E-state index in [9.17, 15) is 0 Å². The number of nitrogens with one attached hydrogen (secondary N) is 1. The van der Waals surface area contributed by atoms with Crippen molar-refractivity contribution in [2.45, 2.75) is 52.9 Å². The highest BCUT2D eigenvalue weighted by molar-refractivity contribution is 5.50. The second-order valence-corrected chi connectivity index (χ2v) is 6.58. The third-order valence-corrected chi connectivity index (χ3v) is 4.30. The van der Waals surface area contributed by atoms with Gasteiger partial charge in [-0.15, -0.1) is 0 Å². The summed E-state index contributed by atoms with van der Waals surface area (Å²) in [5.41, 5.74) is 8.15. The highest BCUT2D eigenvalue weighted by Crippen LogP contribution is 2.43. The zero-order valence-electron chi connectivity index (χ0n) is 12.5. The number of nitrogens with two attached hydrogens (primary N) is 1. The summed E-state index contributed by atoms with van der Waals surface area (Å²) in [6, 6.07) is 2.05. The van der Waals surface area contributed by atoms with E-state index in [2.05, 4.69) is 24.1 Å². The summed E-state index contributed by atoms with van der Waals surface area (Å²) >= 11 is 0. The van der Waals surface area contributed by atoms with Gasteiger partial charge in [-0.1, -0.05) is 26.7 Å². The molecule has 1 saturated carbocycles. The van der Waals surface area contributed by atoms with Gasteiger partial charge in [0.2, 0.25) is 0 Å². The van der Waals surface area contributed by atoms with E-state index in [1.165, 1.54) is 32.1 Å². The standard InChI is InChI=1S/C16H27N3/c1-12(2)9-16(6-4-5-7-16)11-19-15-8-13(3)14(17)10-18-15/h8,10,12H,4-7,9,11,17H2,1-3H3,(H,18,19). The molecule has 3 heteroatoms. The van der Waals surface area contributed by atoms with E-state index in [0.29, 0.717) is 5.41 Å². The molecule has 1 fully saturated rings. The number of aromatic nitrogens is 1. The number of anilines is 2. The second kappa shape index (κ2) is 5.81. The molecular formula is C16H27N3. The van der Waals surface area contributed by atoms with Crippen molar-refractivity contribution in [1.82, 2.24) is 4.98 Å². The molecule has 0 atom stereocenters. The van der Waals surface area contributed by atoms with Gasteiger partial charge in [0.05, 0.1) is 11.9 Å². The van der Waals surface area contributed by atoms with Gasteiger partial charge in [0.25, 0.3) is 0 Å². The number of nitrogen functional groups attached to an aromatic ring is 1. The summed E-state index contributed by atoms with van der Waals surface area (Å²) in [7, 11) is 0. The third-order valence-electron chi connectivity index (χ3n) is 4.30. The molecule has 1 aliphatic rings. The Morgan fingerprint density at radius 3 is 2.63 bits per heavy atom. The smallest absolute Gasteiger partial charge is 0.126 e. The number of aryl methyl sites for hydroxylation is 1. The maximum atomic E-state index is 5.81. The Morgan fingerprint density at radius 1 is 1.37 bits per heavy atom. The lowest BCUT2D eigenvalue weighted by atomic mass is 9.78. The number of hydrogen-bond acceptors (Lipinski definition) is 3. The lowest BCUT2D eigenvalue weighted by molar-refractivity contribution is 0.252. The molecule has 0 spiro atoms. The molecule has 1 aromatic rings. The van der Waals surface area contributed by atoms with E-state index in [1.54, 1.807) is 6.20 Å². The monoisotopic (exact) mass is 261 g/mol. The predicted molar refractivity (Wildman–Crippen MR) is 82.2 cm³/mol. The van der Waals surface area contributed by atoms with Crippen molar-refractivity contribution in [1.29, 1.82) is 0 Å². The molecule has 0 aromatic carbocycles. The number of rotatable bonds is 5. The zero-order valence-corrected chi connectivity index (χ0v) is 12.5. The molecule has 0 bridgehead atoms. The Hall–Kier alpha value is -1.25. The summed E-state index contributed by atoms with van der Waals surface area (Å²) in [6.07, 6.45) is 8.53. The van der Waals surface area contributed by atoms with Crippen LogP contribution in [0.25, 0.3) is 0 Å². The molecule has 0 aliphatic heterocycles. The summed E-state index contributed by atoms with van der Waals surface area (Å²) in [5.74, 6) is 1.72. The van der Waals surface area contributed by atoms with E-state index in [4.69, 9.17) is 5.73 Å². The van der Waals surface area contributed by atoms with Gasteiger partial charge >= 0.3 is 0 Å². The summed E-state index contributed by atoms with van der Waals surface area (Å²) in [5, 5.41) is 3.53. The number of pyridine rings is 1. The molecule has 1 aromatic heterocycles. The third kappa shape index (κ3) is 3.62. The number of nitrogens with zero attached hydrogens (tertiary/aromatic N) is 1. The van der Waals surface area contributed by atoms with Crippen LogP contribution in [0.3, 0.4) is 0 Å². The first-order valence-corrected chi connectivity index (χ1v) is 7.47. The van der Waals surface area contributed by atoms with E-state index >= 15 is 0 Å². The molecule has 1 aliphatic carbocycles. The maximum absolute atomic E-state index is 5.81. The first kappa shape index (κ1) is 14.2.